The molecule has 0 radical (unpaired) electrons. The minimum atomic E-state index is -0.0635. The summed E-state index contributed by atoms with van der Waals surface area (Å²) >= 11 is 0. The molecule has 0 aromatic heterocycles. The molecular weight excluding hydrogens is 264 g/mol. The van der Waals surface area contributed by atoms with E-state index in [9.17, 15) is 4.79 Å². The van der Waals surface area contributed by atoms with Crippen LogP contribution in [0.4, 0.5) is 4.79 Å². The summed E-state index contributed by atoms with van der Waals surface area (Å²) in [6, 6.07) is -0.0635. The van der Waals surface area contributed by atoms with Gasteiger partial charge in [0.05, 0.1) is 0 Å². The van der Waals surface area contributed by atoms with Crippen LogP contribution in [0, 0.1) is 10.8 Å². The highest BCUT2D eigenvalue weighted by molar-refractivity contribution is 5.73. The fourth-order valence-electron chi connectivity index (χ4n) is 1.89. The Bertz CT molecular complexity index is 283. The molecule has 126 valence electrons. The van der Waals surface area contributed by atoms with Gasteiger partial charge in [0.1, 0.15) is 0 Å². The lowest BCUT2D eigenvalue weighted by molar-refractivity contribution is 0.104. The second-order valence-electron chi connectivity index (χ2n) is 7.80. The molecule has 0 unspecified atom stereocenters. The largest absolute Gasteiger partial charge is 0.381 e. The molecule has 4 nitrogen and oxygen atoms in total. The van der Waals surface area contributed by atoms with Gasteiger partial charge in [-0.25, -0.2) is 4.79 Å². The molecule has 0 saturated heterocycles. The molecule has 0 aliphatic carbocycles. The monoisotopic (exact) mass is 300 g/mol. The van der Waals surface area contributed by atoms with Crippen molar-refractivity contribution >= 4 is 6.03 Å². The van der Waals surface area contributed by atoms with Crippen LogP contribution in [-0.2, 0) is 4.74 Å². The molecule has 0 fully saturated rings. The third kappa shape index (κ3) is 13.9. The number of rotatable bonds is 10. The quantitative estimate of drug-likeness (QED) is 0.600. The van der Waals surface area contributed by atoms with Gasteiger partial charge in [-0.1, -0.05) is 41.5 Å². The van der Waals surface area contributed by atoms with E-state index in [1.165, 1.54) is 0 Å². The lowest BCUT2D eigenvalue weighted by Crippen LogP contribution is -2.41. The highest BCUT2D eigenvalue weighted by Crippen LogP contribution is 2.20. The second-order valence-corrected chi connectivity index (χ2v) is 7.80. The SMILES string of the molecule is CCCOCCC(C)(C)CNC(=O)NCCCC(C)(C)C. The molecule has 0 bridgehead atoms. The van der Waals surface area contributed by atoms with Crippen LogP contribution in [0.5, 0.6) is 0 Å². The zero-order valence-corrected chi connectivity index (χ0v) is 15.0. The summed E-state index contributed by atoms with van der Waals surface area (Å²) < 4.78 is 5.51. The van der Waals surface area contributed by atoms with Gasteiger partial charge < -0.3 is 15.4 Å². The van der Waals surface area contributed by atoms with Crippen LogP contribution in [0.15, 0.2) is 0 Å². The third-order valence-electron chi connectivity index (χ3n) is 3.39. The van der Waals surface area contributed by atoms with Gasteiger partial charge in [0.2, 0.25) is 0 Å². The summed E-state index contributed by atoms with van der Waals surface area (Å²) in [6.45, 7) is 16.1. The van der Waals surface area contributed by atoms with Crippen molar-refractivity contribution in [3.63, 3.8) is 0 Å². The van der Waals surface area contributed by atoms with E-state index in [1.54, 1.807) is 0 Å². The van der Waals surface area contributed by atoms with Crippen LogP contribution in [-0.4, -0.2) is 32.3 Å². The molecule has 21 heavy (non-hydrogen) atoms. The second kappa shape index (κ2) is 10.0. The number of hydrogen-bond donors (Lipinski definition) is 2. The summed E-state index contributed by atoms with van der Waals surface area (Å²) in [7, 11) is 0. The topological polar surface area (TPSA) is 50.4 Å². The zero-order valence-electron chi connectivity index (χ0n) is 15.0. The number of carbonyl (C=O) groups is 1. The van der Waals surface area contributed by atoms with Crippen LogP contribution in [0.2, 0.25) is 0 Å². The number of urea groups is 1. The van der Waals surface area contributed by atoms with Gasteiger partial charge in [-0.3, -0.25) is 0 Å². The average Bonchev–Trinajstić information content (AvgIpc) is 2.37. The highest BCUT2D eigenvalue weighted by atomic mass is 16.5. The zero-order chi connectivity index (χ0) is 16.4. The van der Waals surface area contributed by atoms with Gasteiger partial charge in [-0.05, 0) is 36.5 Å². The Balaban J connectivity index is 3.70. The maximum Gasteiger partial charge on any atom is 0.314 e. The van der Waals surface area contributed by atoms with Crippen molar-refractivity contribution in [2.45, 2.75) is 67.2 Å². The summed E-state index contributed by atoms with van der Waals surface area (Å²) in [5, 5.41) is 5.88. The molecule has 0 saturated carbocycles. The average molecular weight is 300 g/mol. The summed E-state index contributed by atoms with van der Waals surface area (Å²) in [6.07, 6.45) is 4.14. The Morgan fingerprint density at radius 2 is 1.67 bits per heavy atom. The van der Waals surface area contributed by atoms with Gasteiger partial charge in [0.25, 0.3) is 0 Å². The van der Waals surface area contributed by atoms with Crippen LogP contribution in [0.1, 0.15) is 67.2 Å². The van der Waals surface area contributed by atoms with Crippen molar-refractivity contribution in [1.82, 2.24) is 10.6 Å². The van der Waals surface area contributed by atoms with Crippen LogP contribution in [0.25, 0.3) is 0 Å². The first-order valence-corrected chi connectivity index (χ1v) is 8.26. The number of hydrogen-bond acceptors (Lipinski definition) is 2. The smallest absolute Gasteiger partial charge is 0.314 e. The fourth-order valence-corrected chi connectivity index (χ4v) is 1.89. The lowest BCUT2D eigenvalue weighted by atomic mass is 9.90. The first-order valence-electron chi connectivity index (χ1n) is 8.26. The van der Waals surface area contributed by atoms with E-state index in [1.807, 2.05) is 0 Å². The number of ether oxygens (including phenoxy) is 1. The van der Waals surface area contributed by atoms with Gasteiger partial charge in [-0.2, -0.15) is 0 Å². The van der Waals surface area contributed by atoms with Crippen molar-refractivity contribution in [2.24, 2.45) is 10.8 Å². The van der Waals surface area contributed by atoms with Crippen LogP contribution >= 0.6 is 0 Å². The molecule has 0 rings (SSSR count). The van der Waals surface area contributed by atoms with Gasteiger partial charge >= 0.3 is 6.03 Å². The van der Waals surface area contributed by atoms with E-state index in [4.69, 9.17) is 4.74 Å². The molecule has 0 aliphatic heterocycles. The summed E-state index contributed by atoms with van der Waals surface area (Å²) in [4.78, 5) is 11.7. The van der Waals surface area contributed by atoms with Crippen LogP contribution in [0.3, 0.4) is 0 Å². The molecule has 0 heterocycles. The Morgan fingerprint density at radius 1 is 1.00 bits per heavy atom. The van der Waals surface area contributed by atoms with E-state index in [0.29, 0.717) is 12.0 Å². The van der Waals surface area contributed by atoms with Crippen molar-refractivity contribution in [3.05, 3.63) is 0 Å². The molecular formula is C17H36N2O2. The minimum Gasteiger partial charge on any atom is -0.381 e. The minimum absolute atomic E-state index is 0.0635. The molecule has 0 atom stereocenters. The maximum absolute atomic E-state index is 11.7. The van der Waals surface area contributed by atoms with E-state index in [-0.39, 0.29) is 11.4 Å². The molecule has 0 aromatic carbocycles. The van der Waals surface area contributed by atoms with Gasteiger partial charge in [0, 0.05) is 26.3 Å². The fraction of sp³-hybridized carbons (Fsp3) is 0.941. The van der Waals surface area contributed by atoms with Crippen molar-refractivity contribution in [1.29, 1.82) is 0 Å². The van der Waals surface area contributed by atoms with E-state index < -0.39 is 0 Å². The summed E-state index contributed by atoms with van der Waals surface area (Å²) in [5.74, 6) is 0. The van der Waals surface area contributed by atoms with Crippen LogP contribution < -0.4 is 10.6 Å². The number of amides is 2. The Kier molecular flexibility index (Phi) is 9.67. The first-order chi connectivity index (χ1) is 9.66. The van der Waals surface area contributed by atoms with Crippen molar-refractivity contribution < 1.29 is 9.53 Å². The summed E-state index contributed by atoms with van der Waals surface area (Å²) in [5.41, 5.74) is 0.398. The molecule has 0 spiro atoms. The molecule has 0 aliphatic rings. The Labute approximate surface area is 131 Å². The van der Waals surface area contributed by atoms with E-state index in [2.05, 4.69) is 52.2 Å². The van der Waals surface area contributed by atoms with E-state index >= 15 is 0 Å². The van der Waals surface area contributed by atoms with E-state index in [0.717, 1.165) is 45.4 Å². The highest BCUT2D eigenvalue weighted by Gasteiger charge is 2.18. The Hall–Kier alpha value is -0.770. The Morgan fingerprint density at radius 3 is 2.24 bits per heavy atom. The van der Waals surface area contributed by atoms with Gasteiger partial charge in [0.15, 0.2) is 0 Å². The predicted molar refractivity (Wildman–Crippen MR) is 89.6 cm³/mol. The first kappa shape index (κ1) is 20.2. The van der Waals surface area contributed by atoms with Crippen molar-refractivity contribution in [3.8, 4) is 0 Å². The predicted octanol–water partition coefficient (Wildman–Crippen LogP) is 3.95. The standard InChI is InChI=1S/C17H36N2O2/c1-7-12-21-13-10-17(5,6)14-19-15(20)18-11-8-9-16(2,3)4/h7-14H2,1-6H3,(H2,18,19,20). The molecule has 2 amide bonds. The number of nitrogens with one attached hydrogen (secondary N) is 2. The molecule has 0 aromatic rings. The lowest BCUT2D eigenvalue weighted by Gasteiger charge is -2.25. The van der Waals surface area contributed by atoms with Gasteiger partial charge in [-0.15, -0.1) is 0 Å². The normalized spacial score (nSPS) is 12.3. The van der Waals surface area contributed by atoms with Crippen molar-refractivity contribution in [2.75, 3.05) is 26.3 Å². The molecule has 2 N–H and O–H groups in total. The third-order valence-corrected chi connectivity index (χ3v) is 3.39. The number of carbonyl (C=O) groups excluding carboxylic acids is 1. The molecule has 4 heteroatoms. The maximum atomic E-state index is 11.7.